The van der Waals surface area contributed by atoms with Crippen molar-refractivity contribution in [2.24, 2.45) is 5.41 Å². The van der Waals surface area contributed by atoms with Gasteiger partial charge in [0.25, 0.3) is 5.91 Å². The minimum absolute atomic E-state index is 0.148. The molecule has 5 nitrogen and oxygen atoms in total. The summed E-state index contributed by atoms with van der Waals surface area (Å²) in [6.07, 6.45) is -0.423. The van der Waals surface area contributed by atoms with Crippen molar-refractivity contribution in [2.45, 2.75) is 20.0 Å². The van der Waals surface area contributed by atoms with Crippen molar-refractivity contribution in [3.05, 3.63) is 0 Å². The van der Waals surface area contributed by atoms with E-state index < -0.39 is 11.5 Å². The third-order valence-corrected chi connectivity index (χ3v) is 2.23. The van der Waals surface area contributed by atoms with Crippen molar-refractivity contribution in [1.82, 2.24) is 10.6 Å². The molecule has 0 aromatic rings. The van der Waals surface area contributed by atoms with Gasteiger partial charge in [0, 0.05) is 19.6 Å². The molecule has 1 aliphatic heterocycles. The van der Waals surface area contributed by atoms with Crippen LogP contribution in [0.4, 0.5) is 0 Å². The SMILES string of the molecule is CC(C)(C#N)CNC(=O)C1CNCCO1. The van der Waals surface area contributed by atoms with Crippen molar-refractivity contribution >= 4 is 5.91 Å². The number of amides is 1. The van der Waals surface area contributed by atoms with E-state index in [4.69, 9.17) is 10.00 Å². The van der Waals surface area contributed by atoms with E-state index >= 15 is 0 Å². The van der Waals surface area contributed by atoms with Crippen molar-refractivity contribution < 1.29 is 9.53 Å². The van der Waals surface area contributed by atoms with Gasteiger partial charge in [-0.3, -0.25) is 4.79 Å². The largest absolute Gasteiger partial charge is 0.366 e. The molecule has 15 heavy (non-hydrogen) atoms. The normalized spacial score (nSPS) is 21.8. The van der Waals surface area contributed by atoms with E-state index in [1.54, 1.807) is 13.8 Å². The number of carbonyl (C=O) groups excluding carboxylic acids is 1. The lowest BCUT2D eigenvalue weighted by atomic mass is 9.96. The summed E-state index contributed by atoms with van der Waals surface area (Å²) in [5.41, 5.74) is -0.530. The standard InChI is InChI=1S/C10H17N3O2/c1-10(2,6-11)7-13-9(14)8-5-12-3-4-15-8/h8,12H,3-5,7H2,1-2H3,(H,13,14). The Morgan fingerprint density at radius 1 is 1.73 bits per heavy atom. The number of ether oxygens (including phenoxy) is 1. The average Bonchev–Trinajstić information content (AvgIpc) is 2.27. The van der Waals surface area contributed by atoms with E-state index in [0.29, 0.717) is 19.7 Å². The molecule has 1 rings (SSSR count). The lowest BCUT2D eigenvalue weighted by molar-refractivity contribution is -0.134. The third-order valence-electron chi connectivity index (χ3n) is 2.23. The number of hydrogen-bond donors (Lipinski definition) is 2. The fourth-order valence-electron chi connectivity index (χ4n) is 1.20. The second-order valence-electron chi connectivity index (χ2n) is 4.28. The monoisotopic (exact) mass is 211 g/mol. The van der Waals surface area contributed by atoms with Crippen molar-refractivity contribution in [3.63, 3.8) is 0 Å². The van der Waals surface area contributed by atoms with Gasteiger partial charge in [-0.1, -0.05) is 0 Å². The zero-order chi connectivity index (χ0) is 11.3. The van der Waals surface area contributed by atoms with Crippen LogP contribution in [0, 0.1) is 16.7 Å². The van der Waals surface area contributed by atoms with Gasteiger partial charge in [-0.15, -0.1) is 0 Å². The maximum Gasteiger partial charge on any atom is 0.250 e. The Morgan fingerprint density at radius 2 is 2.47 bits per heavy atom. The number of morpholine rings is 1. The molecule has 1 amide bonds. The summed E-state index contributed by atoms with van der Waals surface area (Å²) < 4.78 is 5.28. The fraction of sp³-hybridized carbons (Fsp3) is 0.800. The Kier molecular flexibility index (Phi) is 4.06. The van der Waals surface area contributed by atoms with Crippen molar-refractivity contribution in [2.75, 3.05) is 26.2 Å². The Morgan fingerprint density at radius 3 is 3.00 bits per heavy atom. The molecule has 0 spiro atoms. The van der Waals surface area contributed by atoms with Gasteiger partial charge in [-0.05, 0) is 13.8 Å². The lowest BCUT2D eigenvalue weighted by Gasteiger charge is -2.24. The van der Waals surface area contributed by atoms with Crippen LogP contribution in [-0.4, -0.2) is 38.3 Å². The molecule has 0 radical (unpaired) electrons. The first-order chi connectivity index (χ1) is 7.05. The molecule has 1 aliphatic rings. The first-order valence-electron chi connectivity index (χ1n) is 5.06. The van der Waals surface area contributed by atoms with Crippen molar-refractivity contribution in [1.29, 1.82) is 5.26 Å². The van der Waals surface area contributed by atoms with E-state index in [9.17, 15) is 4.79 Å². The summed E-state index contributed by atoms with van der Waals surface area (Å²) in [6, 6.07) is 2.13. The molecule has 1 heterocycles. The molecule has 1 atom stereocenters. The highest BCUT2D eigenvalue weighted by Crippen LogP contribution is 2.10. The van der Waals surface area contributed by atoms with Gasteiger partial charge in [0.05, 0.1) is 18.1 Å². The maximum absolute atomic E-state index is 11.6. The zero-order valence-electron chi connectivity index (χ0n) is 9.17. The molecule has 5 heteroatoms. The summed E-state index contributed by atoms with van der Waals surface area (Å²) in [5, 5.41) is 14.6. The molecule has 0 aliphatic carbocycles. The topological polar surface area (TPSA) is 74.2 Å². The summed E-state index contributed by atoms with van der Waals surface area (Å²) in [6.45, 7) is 5.80. The minimum atomic E-state index is -0.530. The molecule has 1 saturated heterocycles. The number of nitrogens with one attached hydrogen (secondary N) is 2. The maximum atomic E-state index is 11.6. The molecule has 84 valence electrons. The summed E-state index contributed by atoms with van der Waals surface area (Å²) in [7, 11) is 0. The molecule has 1 fully saturated rings. The number of rotatable bonds is 3. The predicted molar refractivity (Wildman–Crippen MR) is 55.0 cm³/mol. The summed E-state index contributed by atoms with van der Waals surface area (Å²) >= 11 is 0. The highest BCUT2D eigenvalue weighted by atomic mass is 16.5. The highest BCUT2D eigenvalue weighted by molar-refractivity contribution is 5.81. The predicted octanol–water partition coefficient (Wildman–Crippen LogP) is -0.359. The van der Waals surface area contributed by atoms with Crippen LogP contribution in [0.25, 0.3) is 0 Å². The smallest absolute Gasteiger partial charge is 0.250 e. The summed E-state index contributed by atoms with van der Waals surface area (Å²) in [5.74, 6) is -0.148. The van der Waals surface area contributed by atoms with Crippen molar-refractivity contribution in [3.8, 4) is 6.07 Å². The molecular weight excluding hydrogens is 194 g/mol. The van der Waals surface area contributed by atoms with E-state index in [2.05, 4.69) is 16.7 Å². The van der Waals surface area contributed by atoms with Crippen LogP contribution in [0.1, 0.15) is 13.8 Å². The van der Waals surface area contributed by atoms with Crippen LogP contribution >= 0.6 is 0 Å². The number of nitriles is 1. The van der Waals surface area contributed by atoms with Gasteiger partial charge in [-0.25, -0.2) is 0 Å². The van der Waals surface area contributed by atoms with Gasteiger partial charge in [0.2, 0.25) is 0 Å². The Bertz CT molecular complexity index is 264. The van der Waals surface area contributed by atoms with E-state index in [0.717, 1.165) is 6.54 Å². The van der Waals surface area contributed by atoms with Gasteiger partial charge in [-0.2, -0.15) is 5.26 Å². The van der Waals surface area contributed by atoms with Gasteiger partial charge >= 0.3 is 0 Å². The second kappa shape index (κ2) is 5.10. The van der Waals surface area contributed by atoms with E-state index in [-0.39, 0.29) is 5.91 Å². The Labute approximate surface area is 89.8 Å². The molecule has 1 unspecified atom stereocenters. The highest BCUT2D eigenvalue weighted by Gasteiger charge is 2.24. The Hall–Kier alpha value is -1.12. The van der Waals surface area contributed by atoms with Crippen LogP contribution in [0.2, 0.25) is 0 Å². The van der Waals surface area contributed by atoms with E-state index in [1.807, 2.05) is 0 Å². The molecule has 0 bridgehead atoms. The lowest BCUT2D eigenvalue weighted by Crippen LogP contribution is -2.49. The van der Waals surface area contributed by atoms with Gasteiger partial charge in [0.1, 0.15) is 6.10 Å². The quantitative estimate of drug-likeness (QED) is 0.668. The minimum Gasteiger partial charge on any atom is -0.366 e. The third kappa shape index (κ3) is 3.86. The second-order valence-corrected chi connectivity index (χ2v) is 4.28. The van der Waals surface area contributed by atoms with Crippen LogP contribution in [0.3, 0.4) is 0 Å². The molecular formula is C10H17N3O2. The zero-order valence-corrected chi connectivity index (χ0v) is 9.17. The molecule has 2 N–H and O–H groups in total. The van der Waals surface area contributed by atoms with Gasteiger partial charge < -0.3 is 15.4 Å². The fourth-order valence-corrected chi connectivity index (χ4v) is 1.20. The first-order valence-corrected chi connectivity index (χ1v) is 5.06. The van der Waals surface area contributed by atoms with Crippen LogP contribution in [0.5, 0.6) is 0 Å². The van der Waals surface area contributed by atoms with Crippen LogP contribution in [-0.2, 0) is 9.53 Å². The first kappa shape index (κ1) is 12.0. The average molecular weight is 211 g/mol. The Balaban J connectivity index is 2.32. The number of nitrogens with zero attached hydrogens (tertiary/aromatic N) is 1. The van der Waals surface area contributed by atoms with E-state index in [1.165, 1.54) is 0 Å². The summed E-state index contributed by atoms with van der Waals surface area (Å²) in [4.78, 5) is 11.6. The number of hydrogen-bond acceptors (Lipinski definition) is 4. The molecule has 0 aromatic heterocycles. The van der Waals surface area contributed by atoms with Crippen LogP contribution in [0.15, 0.2) is 0 Å². The molecule has 0 saturated carbocycles. The number of carbonyl (C=O) groups is 1. The van der Waals surface area contributed by atoms with Gasteiger partial charge in [0.15, 0.2) is 0 Å². The molecule has 0 aromatic carbocycles. The van der Waals surface area contributed by atoms with Crippen LogP contribution < -0.4 is 10.6 Å².